The van der Waals surface area contributed by atoms with E-state index in [1.165, 1.54) is 20.8 Å². The van der Waals surface area contributed by atoms with Crippen molar-refractivity contribution in [3.05, 3.63) is 88.0 Å². The van der Waals surface area contributed by atoms with Crippen molar-refractivity contribution < 1.29 is 9.59 Å². The van der Waals surface area contributed by atoms with Gasteiger partial charge in [-0.1, -0.05) is 42.5 Å². The number of benzene rings is 2. The summed E-state index contributed by atoms with van der Waals surface area (Å²) in [4.78, 5) is 45.7. The normalized spacial score (nSPS) is 13.3. The van der Waals surface area contributed by atoms with Crippen molar-refractivity contribution in [3.8, 4) is 10.4 Å². The molecule has 7 heteroatoms. The highest BCUT2D eigenvalue weighted by Gasteiger charge is 2.34. The number of nitrogens with zero attached hydrogens (tertiary/aromatic N) is 3. The number of fused-ring (bicyclic) bond motifs is 2. The maximum absolute atomic E-state index is 13.1. The molecule has 2 amide bonds. The molecule has 2 aromatic carbocycles. The molecule has 0 radical (unpaired) electrons. The summed E-state index contributed by atoms with van der Waals surface area (Å²) < 4.78 is 1.54. The fraction of sp³-hybridized carbons (Fsp3) is 0.130. The molecular weight excluding hydrogens is 398 g/mol. The lowest BCUT2D eigenvalue weighted by atomic mass is 10.1. The first kappa shape index (κ1) is 18.4. The predicted molar refractivity (Wildman–Crippen MR) is 116 cm³/mol. The quantitative estimate of drug-likeness (QED) is 0.476. The van der Waals surface area contributed by atoms with Crippen molar-refractivity contribution in [2.24, 2.45) is 0 Å². The van der Waals surface area contributed by atoms with E-state index in [1.807, 2.05) is 36.4 Å². The Bertz CT molecular complexity index is 1340. The van der Waals surface area contributed by atoms with Gasteiger partial charge in [0.2, 0.25) is 0 Å². The molecule has 30 heavy (non-hydrogen) atoms. The molecule has 0 bridgehead atoms. The maximum Gasteiger partial charge on any atom is 0.262 e. The standard InChI is InChI=1S/C23H17N3O3S/c1-14-24-20-18(13-19(30-20)15-7-3-2-4-8-15)23(29)25(14)11-12-26-21(27)16-9-5-6-10-17(16)22(26)28/h2-10,13H,11-12H2,1H3. The summed E-state index contributed by atoms with van der Waals surface area (Å²) in [5.41, 5.74) is 1.69. The number of hydrogen-bond donors (Lipinski definition) is 0. The first-order chi connectivity index (χ1) is 14.5. The summed E-state index contributed by atoms with van der Waals surface area (Å²) in [5, 5.41) is 0.548. The monoisotopic (exact) mass is 415 g/mol. The molecule has 0 atom stereocenters. The largest absolute Gasteiger partial charge is 0.294 e. The van der Waals surface area contributed by atoms with E-state index in [1.54, 1.807) is 31.2 Å². The van der Waals surface area contributed by atoms with Crippen LogP contribution in [0, 0.1) is 6.92 Å². The van der Waals surface area contributed by atoms with E-state index in [2.05, 4.69) is 4.98 Å². The van der Waals surface area contributed by atoms with Crippen LogP contribution in [0.4, 0.5) is 0 Å². The molecule has 3 heterocycles. The van der Waals surface area contributed by atoms with Crippen molar-refractivity contribution >= 4 is 33.4 Å². The van der Waals surface area contributed by atoms with Gasteiger partial charge in [-0.25, -0.2) is 4.98 Å². The lowest BCUT2D eigenvalue weighted by Crippen LogP contribution is -2.35. The molecule has 6 nitrogen and oxygen atoms in total. The average molecular weight is 415 g/mol. The van der Waals surface area contributed by atoms with Crippen molar-refractivity contribution in [3.63, 3.8) is 0 Å². The summed E-state index contributed by atoms with van der Waals surface area (Å²) in [6, 6.07) is 18.5. The Morgan fingerprint density at radius 3 is 2.17 bits per heavy atom. The lowest BCUT2D eigenvalue weighted by molar-refractivity contribution is 0.0648. The summed E-state index contributed by atoms with van der Waals surface area (Å²) in [6.45, 7) is 2.09. The number of carbonyl (C=O) groups excluding carboxylic acids is 2. The van der Waals surface area contributed by atoms with E-state index in [9.17, 15) is 14.4 Å². The van der Waals surface area contributed by atoms with E-state index >= 15 is 0 Å². The van der Waals surface area contributed by atoms with Gasteiger partial charge < -0.3 is 0 Å². The third-order valence-corrected chi connectivity index (χ3v) is 6.40. The van der Waals surface area contributed by atoms with Crippen LogP contribution in [0.25, 0.3) is 20.7 Å². The van der Waals surface area contributed by atoms with Crippen LogP contribution in [0.3, 0.4) is 0 Å². The SMILES string of the molecule is Cc1nc2sc(-c3ccccc3)cc2c(=O)n1CCN1C(=O)c2ccccc2C1=O. The number of amides is 2. The number of imide groups is 1. The molecule has 0 aliphatic carbocycles. The predicted octanol–water partition coefficient (Wildman–Crippen LogP) is 3.73. The van der Waals surface area contributed by atoms with Gasteiger partial charge in [-0.3, -0.25) is 23.9 Å². The summed E-state index contributed by atoms with van der Waals surface area (Å²) in [6.07, 6.45) is 0. The third kappa shape index (κ3) is 2.86. The van der Waals surface area contributed by atoms with Gasteiger partial charge in [-0.15, -0.1) is 11.3 Å². The van der Waals surface area contributed by atoms with Crippen LogP contribution in [0.15, 0.2) is 65.5 Å². The second kappa shape index (κ2) is 7.03. The van der Waals surface area contributed by atoms with Crippen LogP contribution in [0.2, 0.25) is 0 Å². The number of thiophene rings is 1. The molecule has 0 saturated heterocycles. The smallest absolute Gasteiger partial charge is 0.262 e. The highest BCUT2D eigenvalue weighted by atomic mass is 32.1. The van der Waals surface area contributed by atoms with Crippen LogP contribution >= 0.6 is 11.3 Å². The van der Waals surface area contributed by atoms with Crippen LogP contribution in [0.5, 0.6) is 0 Å². The number of carbonyl (C=O) groups is 2. The molecule has 5 rings (SSSR count). The minimum absolute atomic E-state index is 0.121. The minimum atomic E-state index is -0.322. The zero-order chi connectivity index (χ0) is 20.8. The van der Waals surface area contributed by atoms with Crippen LogP contribution in [0.1, 0.15) is 26.5 Å². The third-order valence-electron chi connectivity index (χ3n) is 5.33. The number of rotatable bonds is 4. The molecular formula is C23H17N3O3S. The molecule has 0 fully saturated rings. The average Bonchev–Trinajstić information content (AvgIpc) is 3.29. The molecule has 148 valence electrons. The molecule has 1 aliphatic rings. The molecule has 2 aromatic heterocycles. The fourth-order valence-corrected chi connectivity index (χ4v) is 4.84. The zero-order valence-electron chi connectivity index (χ0n) is 16.2. The number of hydrogen-bond acceptors (Lipinski definition) is 5. The Morgan fingerprint density at radius 1 is 0.867 bits per heavy atom. The topological polar surface area (TPSA) is 72.3 Å². The Kier molecular flexibility index (Phi) is 4.33. The molecule has 1 aliphatic heterocycles. The van der Waals surface area contributed by atoms with Gasteiger partial charge in [0.05, 0.1) is 16.5 Å². The summed E-state index contributed by atoms with van der Waals surface area (Å²) in [5.74, 6) is -0.0833. The van der Waals surface area contributed by atoms with Gasteiger partial charge in [0.1, 0.15) is 10.7 Å². The van der Waals surface area contributed by atoms with Gasteiger partial charge in [0.15, 0.2) is 0 Å². The van der Waals surface area contributed by atoms with Gasteiger partial charge in [-0.05, 0) is 30.7 Å². The lowest BCUT2D eigenvalue weighted by Gasteiger charge is -2.16. The fourth-order valence-electron chi connectivity index (χ4n) is 3.77. The Morgan fingerprint density at radius 2 is 1.50 bits per heavy atom. The molecule has 0 spiro atoms. The minimum Gasteiger partial charge on any atom is -0.294 e. The van der Waals surface area contributed by atoms with Gasteiger partial charge in [0, 0.05) is 18.0 Å². The van der Waals surface area contributed by atoms with Crippen molar-refractivity contribution in [1.29, 1.82) is 0 Å². The number of aromatic nitrogens is 2. The molecule has 0 N–H and O–H groups in total. The van der Waals surface area contributed by atoms with E-state index in [-0.39, 0.29) is 30.5 Å². The Balaban J connectivity index is 1.46. The summed E-state index contributed by atoms with van der Waals surface area (Å²) >= 11 is 1.48. The van der Waals surface area contributed by atoms with Crippen LogP contribution < -0.4 is 5.56 Å². The van der Waals surface area contributed by atoms with E-state index < -0.39 is 0 Å². The van der Waals surface area contributed by atoms with Gasteiger partial charge in [-0.2, -0.15) is 0 Å². The molecule has 0 unspecified atom stereocenters. The van der Waals surface area contributed by atoms with E-state index in [0.717, 1.165) is 10.4 Å². The molecule has 4 aromatic rings. The van der Waals surface area contributed by atoms with Crippen molar-refractivity contribution in [2.75, 3.05) is 6.54 Å². The van der Waals surface area contributed by atoms with Crippen molar-refractivity contribution in [1.82, 2.24) is 14.5 Å². The maximum atomic E-state index is 13.1. The molecule has 0 saturated carbocycles. The Labute approximate surface area is 176 Å². The van der Waals surface area contributed by atoms with E-state index in [4.69, 9.17) is 0 Å². The van der Waals surface area contributed by atoms with Crippen molar-refractivity contribution in [2.45, 2.75) is 13.5 Å². The van der Waals surface area contributed by atoms with Gasteiger partial charge >= 0.3 is 0 Å². The van der Waals surface area contributed by atoms with Gasteiger partial charge in [0.25, 0.3) is 17.4 Å². The first-order valence-corrected chi connectivity index (χ1v) is 10.4. The second-order valence-corrected chi connectivity index (χ2v) is 8.15. The first-order valence-electron chi connectivity index (χ1n) is 9.56. The number of aryl methyl sites for hydroxylation is 1. The second-order valence-electron chi connectivity index (χ2n) is 7.12. The Hall–Kier alpha value is -3.58. The highest BCUT2D eigenvalue weighted by Crippen LogP contribution is 2.31. The zero-order valence-corrected chi connectivity index (χ0v) is 17.0. The van der Waals surface area contributed by atoms with E-state index in [0.29, 0.717) is 27.2 Å². The van der Waals surface area contributed by atoms with Crippen LogP contribution in [-0.2, 0) is 6.54 Å². The van der Waals surface area contributed by atoms with Crippen LogP contribution in [-0.4, -0.2) is 32.8 Å². The highest BCUT2D eigenvalue weighted by molar-refractivity contribution is 7.21. The summed E-state index contributed by atoms with van der Waals surface area (Å²) in [7, 11) is 0.